The van der Waals surface area contributed by atoms with Crippen LogP contribution in [-0.4, -0.2) is 41.3 Å². The van der Waals surface area contributed by atoms with Gasteiger partial charge in [-0.3, -0.25) is 9.59 Å². The van der Waals surface area contributed by atoms with Crippen LogP contribution in [0.4, 0.5) is 0 Å². The lowest BCUT2D eigenvalue weighted by molar-refractivity contribution is -0.142. The van der Waals surface area contributed by atoms with Crippen LogP contribution in [0.5, 0.6) is 0 Å². The molecule has 2 fully saturated rings. The zero-order valence-electron chi connectivity index (χ0n) is 17.7. The highest BCUT2D eigenvalue weighted by Crippen LogP contribution is 2.42. The zero-order valence-corrected chi connectivity index (χ0v) is 17.7. The van der Waals surface area contributed by atoms with Gasteiger partial charge in [0.15, 0.2) is 0 Å². The molecule has 2 N–H and O–H groups in total. The molecule has 0 spiro atoms. The molecule has 2 aliphatic carbocycles. The first-order chi connectivity index (χ1) is 13.4. The van der Waals surface area contributed by atoms with Crippen LogP contribution in [0.2, 0.25) is 0 Å². The maximum absolute atomic E-state index is 12.3. The summed E-state index contributed by atoms with van der Waals surface area (Å²) in [5.41, 5.74) is 0. The largest absolute Gasteiger partial charge is 0.469 e. The third kappa shape index (κ3) is 6.41. The van der Waals surface area contributed by atoms with Crippen molar-refractivity contribution in [1.82, 2.24) is 0 Å². The molecule has 0 unspecified atom stereocenters. The molecule has 0 heterocycles. The Morgan fingerprint density at radius 3 is 2.68 bits per heavy atom. The third-order valence-corrected chi connectivity index (χ3v) is 6.72. The normalized spacial score (nSPS) is 31.9. The number of carbonyl (C=O) groups excluding carboxylic acids is 2. The summed E-state index contributed by atoms with van der Waals surface area (Å²) < 4.78 is 4.76. The lowest BCUT2D eigenvalue weighted by atomic mass is 9.84. The van der Waals surface area contributed by atoms with E-state index in [1.54, 1.807) is 0 Å². The Morgan fingerprint density at radius 2 is 2.00 bits per heavy atom. The highest BCUT2D eigenvalue weighted by molar-refractivity contribution is 5.84. The number of allylic oxidation sites excluding steroid dienone is 2. The quantitative estimate of drug-likeness (QED) is 0.390. The number of hydrogen-bond acceptors (Lipinski definition) is 5. The predicted octanol–water partition coefficient (Wildman–Crippen LogP) is 3.67. The molecule has 0 radical (unpaired) electrons. The van der Waals surface area contributed by atoms with E-state index in [0.717, 1.165) is 32.1 Å². The van der Waals surface area contributed by atoms with E-state index in [2.05, 4.69) is 19.9 Å². The average molecular weight is 395 g/mol. The standard InChI is InChI=1S/C23H38O5/c1-4-5-8-15(2)20(24)12-11-18-17(21(25)14-22(18)26)10-7-6-9-16-13-19(16)23(27)28-3/h6-7,15-20,22,24,26H,4-5,8-14H2,1-3H3/b7-6-/t15-,16-,17-,18-,19-,20-,22-/m1/s1. The summed E-state index contributed by atoms with van der Waals surface area (Å²) in [6, 6.07) is 0. The fraction of sp³-hybridized carbons (Fsp3) is 0.826. The van der Waals surface area contributed by atoms with E-state index < -0.39 is 6.10 Å². The van der Waals surface area contributed by atoms with E-state index in [9.17, 15) is 19.8 Å². The fourth-order valence-corrected chi connectivity index (χ4v) is 4.54. The van der Waals surface area contributed by atoms with Crippen LogP contribution in [0.1, 0.15) is 71.6 Å². The molecule has 2 saturated carbocycles. The fourth-order valence-electron chi connectivity index (χ4n) is 4.54. The molecule has 0 saturated heterocycles. The number of unbranched alkanes of at least 4 members (excludes halogenated alkanes) is 1. The molecule has 2 aliphatic rings. The van der Waals surface area contributed by atoms with Gasteiger partial charge in [-0.05, 0) is 56.3 Å². The Morgan fingerprint density at radius 1 is 1.29 bits per heavy atom. The first-order valence-corrected chi connectivity index (χ1v) is 11.0. The number of hydrogen-bond donors (Lipinski definition) is 2. The van der Waals surface area contributed by atoms with Crippen molar-refractivity contribution in [3.63, 3.8) is 0 Å². The Bertz CT molecular complexity index is 543. The van der Waals surface area contributed by atoms with Crippen molar-refractivity contribution in [1.29, 1.82) is 0 Å². The van der Waals surface area contributed by atoms with Gasteiger partial charge in [-0.15, -0.1) is 0 Å². The van der Waals surface area contributed by atoms with E-state index in [-0.39, 0.29) is 47.9 Å². The maximum Gasteiger partial charge on any atom is 0.308 e. The van der Waals surface area contributed by atoms with Gasteiger partial charge >= 0.3 is 5.97 Å². The number of methoxy groups -OCH3 is 1. The molecule has 28 heavy (non-hydrogen) atoms. The van der Waals surface area contributed by atoms with Crippen molar-refractivity contribution in [3.8, 4) is 0 Å². The molecule has 0 aromatic rings. The highest BCUT2D eigenvalue weighted by atomic mass is 16.5. The summed E-state index contributed by atoms with van der Waals surface area (Å²) in [4.78, 5) is 23.8. The molecule has 5 nitrogen and oxygen atoms in total. The lowest BCUT2D eigenvalue weighted by Crippen LogP contribution is -2.24. The van der Waals surface area contributed by atoms with Crippen LogP contribution in [0.15, 0.2) is 12.2 Å². The van der Waals surface area contributed by atoms with Crippen LogP contribution >= 0.6 is 0 Å². The Kier molecular flexibility index (Phi) is 9.16. The SMILES string of the molecule is CCCC[C@@H](C)[C@H](O)CC[C@H]1[C@H](O)CC(=O)[C@@H]1C/C=C\C[C@@H]1C[C@H]1C(=O)OC. The monoisotopic (exact) mass is 394 g/mol. The number of aliphatic hydroxyl groups is 2. The molecule has 2 rings (SSSR count). The van der Waals surface area contributed by atoms with E-state index in [1.807, 2.05) is 6.08 Å². The number of rotatable bonds is 12. The van der Waals surface area contributed by atoms with E-state index in [4.69, 9.17) is 4.74 Å². The van der Waals surface area contributed by atoms with Gasteiger partial charge in [0, 0.05) is 12.3 Å². The Balaban J connectivity index is 1.77. The minimum atomic E-state index is -0.587. The van der Waals surface area contributed by atoms with Crippen molar-refractivity contribution in [2.24, 2.45) is 29.6 Å². The zero-order chi connectivity index (χ0) is 20.7. The summed E-state index contributed by atoms with van der Waals surface area (Å²) in [5, 5.41) is 20.7. The summed E-state index contributed by atoms with van der Waals surface area (Å²) in [6.07, 6.45) is 10.3. The van der Waals surface area contributed by atoms with Gasteiger partial charge in [-0.25, -0.2) is 0 Å². The predicted molar refractivity (Wildman–Crippen MR) is 109 cm³/mol. The van der Waals surface area contributed by atoms with Crippen LogP contribution in [0, 0.1) is 29.6 Å². The number of aliphatic hydroxyl groups excluding tert-OH is 2. The van der Waals surface area contributed by atoms with Crippen molar-refractivity contribution in [2.45, 2.75) is 83.8 Å². The molecule has 0 aromatic carbocycles. The Hall–Kier alpha value is -1.20. The number of esters is 1. The van der Waals surface area contributed by atoms with Crippen LogP contribution in [-0.2, 0) is 14.3 Å². The van der Waals surface area contributed by atoms with Gasteiger partial charge in [-0.1, -0.05) is 38.8 Å². The summed E-state index contributed by atoms with van der Waals surface area (Å²) in [7, 11) is 1.42. The molecule has 5 heteroatoms. The van der Waals surface area contributed by atoms with Crippen molar-refractivity contribution >= 4 is 11.8 Å². The number of carbonyl (C=O) groups is 2. The molecule has 0 aliphatic heterocycles. The highest BCUT2D eigenvalue weighted by Gasteiger charge is 2.43. The number of ketones is 1. The molecule has 160 valence electrons. The second-order valence-corrected chi connectivity index (χ2v) is 8.84. The minimum Gasteiger partial charge on any atom is -0.469 e. The third-order valence-electron chi connectivity index (χ3n) is 6.72. The summed E-state index contributed by atoms with van der Waals surface area (Å²) in [5.74, 6) is 0.453. The molecule has 0 amide bonds. The smallest absolute Gasteiger partial charge is 0.308 e. The minimum absolute atomic E-state index is 0.0357. The van der Waals surface area contributed by atoms with E-state index >= 15 is 0 Å². The van der Waals surface area contributed by atoms with Crippen LogP contribution in [0.3, 0.4) is 0 Å². The molecular formula is C23H38O5. The number of Topliss-reactive ketones (excluding diaryl/α,β-unsaturated/α-hetero) is 1. The average Bonchev–Trinajstić information content (AvgIpc) is 3.40. The second kappa shape index (κ2) is 11.1. The first-order valence-electron chi connectivity index (χ1n) is 11.0. The molecule has 0 bridgehead atoms. The summed E-state index contributed by atoms with van der Waals surface area (Å²) in [6.45, 7) is 4.23. The van der Waals surface area contributed by atoms with Gasteiger partial charge in [0.2, 0.25) is 0 Å². The van der Waals surface area contributed by atoms with Crippen LogP contribution < -0.4 is 0 Å². The second-order valence-electron chi connectivity index (χ2n) is 8.84. The van der Waals surface area contributed by atoms with Crippen molar-refractivity contribution in [3.05, 3.63) is 12.2 Å². The Labute approximate surface area is 169 Å². The van der Waals surface area contributed by atoms with Crippen LogP contribution in [0.25, 0.3) is 0 Å². The van der Waals surface area contributed by atoms with E-state index in [0.29, 0.717) is 25.2 Å². The van der Waals surface area contributed by atoms with Gasteiger partial charge < -0.3 is 14.9 Å². The number of ether oxygens (including phenoxy) is 1. The molecule has 0 aromatic heterocycles. The van der Waals surface area contributed by atoms with Crippen molar-refractivity contribution in [2.75, 3.05) is 7.11 Å². The maximum atomic E-state index is 12.3. The van der Waals surface area contributed by atoms with Gasteiger partial charge in [-0.2, -0.15) is 0 Å². The topological polar surface area (TPSA) is 83.8 Å². The first kappa shape index (κ1) is 23.1. The summed E-state index contributed by atoms with van der Waals surface area (Å²) >= 11 is 0. The molecular weight excluding hydrogens is 356 g/mol. The van der Waals surface area contributed by atoms with Gasteiger partial charge in [0.25, 0.3) is 0 Å². The van der Waals surface area contributed by atoms with Crippen molar-refractivity contribution < 1.29 is 24.5 Å². The van der Waals surface area contributed by atoms with Gasteiger partial charge in [0.05, 0.1) is 25.2 Å². The molecule has 7 atom stereocenters. The lowest BCUT2D eigenvalue weighted by Gasteiger charge is -2.24. The van der Waals surface area contributed by atoms with E-state index in [1.165, 1.54) is 7.11 Å². The van der Waals surface area contributed by atoms with Gasteiger partial charge in [0.1, 0.15) is 5.78 Å².